The standard InChI is InChI=1S/C14H17BrF3N3O/c1-9-7-19-4-5-21(9)8-13(22)20-10-2-3-12(15)11(6-10)14(16,17)18/h2-3,6,9,19H,4-5,7-8H2,1H3,(H,20,22)/t9-/m1/s1. The number of nitrogens with one attached hydrogen (secondary N) is 2. The Morgan fingerprint density at radius 1 is 1.50 bits per heavy atom. The van der Waals surface area contributed by atoms with Gasteiger partial charge in [0.05, 0.1) is 12.1 Å². The Hall–Kier alpha value is -1.12. The molecule has 1 aromatic carbocycles. The number of hydrogen-bond donors (Lipinski definition) is 2. The van der Waals surface area contributed by atoms with Gasteiger partial charge in [0.15, 0.2) is 0 Å². The summed E-state index contributed by atoms with van der Waals surface area (Å²) < 4.78 is 38.4. The molecule has 1 amide bonds. The van der Waals surface area contributed by atoms with Crippen LogP contribution in [-0.4, -0.2) is 43.0 Å². The van der Waals surface area contributed by atoms with Crippen molar-refractivity contribution in [1.82, 2.24) is 10.2 Å². The van der Waals surface area contributed by atoms with Gasteiger partial charge < -0.3 is 10.6 Å². The van der Waals surface area contributed by atoms with E-state index in [9.17, 15) is 18.0 Å². The second-order valence-corrected chi connectivity index (χ2v) is 6.12. The molecule has 0 radical (unpaired) electrons. The molecule has 22 heavy (non-hydrogen) atoms. The zero-order valence-corrected chi connectivity index (χ0v) is 13.6. The maximum Gasteiger partial charge on any atom is 0.417 e. The fraction of sp³-hybridized carbons (Fsp3) is 0.500. The Kier molecular flexibility index (Phi) is 5.46. The first-order chi connectivity index (χ1) is 10.3. The number of benzene rings is 1. The summed E-state index contributed by atoms with van der Waals surface area (Å²) in [6, 6.07) is 3.88. The van der Waals surface area contributed by atoms with E-state index in [4.69, 9.17) is 0 Å². The van der Waals surface area contributed by atoms with Gasteiger partial charge in [-0.3, -0.25) is 9.69 Å². The molecule has 0 aliphatic carbocycles. The minimum absolute atomic E-state index is 0.0475. The second-order valence-electron chi connectivity index (χ2n) is 5.26. The van der Waals surface area contributed by atoms with Crippen LogP contribution in [-0.2, 0) is 11.0 Å². The number of hydrogen-bond acceptors (Lipinski definition) is 3. The Morgan fingerprint density at radius 3 is 2.86 bits per heavy atom. The largest absolute Gasteiger partial charge is 0.417 e. The minimum atomic E-state index is -4.47. The number of carbonyl (C=O) groups is 1. The molecule has 0 bridgehead atoms. The lowest BCUT2D eigenvalue weighted by Gasteiger charge is -2.33. The van der Waals surface area contributed by atoms with Gasteiger partial charge in [-0.05, 0) is 25.1 Å². The van der Waals surface area contributed by atoms with E-state index >= 15 is 0 Å². The minimum Gasteiger partial charge on any atom is -0.325 e. The van der Waals surface area contributed by atoms with Crippen molar-refractivity contribution in [3.8, 4) is 0 Å². The number of rotatable bonds is 3. The molecule has 1 saturated heterocycles. The van der Waals surface area contributed by atoms with E-state index in [0.717, 1.165) is 25.7 Å². The van der Waals surface area contributed by atoms with Crippen LogP contribution in [0.15, 0.2) is 22.7 Å². The summed E-state index contributed by atoms with van der Waals surface area (Å²) in [6.07, 6.45) is -4.47. The number of nitrogens with zero attached hydrogens (tertiary/aromatic N) is 1. The summed E-state index contributed by atoms with van der Waals surface area (Å²) in [6.45, 7) is 4.50. The number of halogens is 4. The van der Waals surface area contributed by atoms with Crippen molar-refractivity contribution in [2.24, 2.45) is 0 Å². The summed E-state index contributed by atoms with van der Waals surface area (Å²) in [4.78, 5) is 14.0. The highest BCUT2D eigenvalue weighted by Gasteiger charge is 2.33. The third kappa shape index (κ3) is 4.44. The van der Waals surface area contributed by atoms with Crippen molar-refractivity contribution in [1.29, 1.82) is 0 Å². The number of anilines is 1. The molecule has 0 aromatic heterocycles. The topological polar surface area (TPSA) is 44.4 Å². The third-order valence-corrected chi connectivity index (χ3v) is 4.23. The molecule has 4 nitrogen and oxygen atoms in total. The highest BCUT2D eigenvalue weighted by atomic mass is 79.9. The predicted octanol–water partition coefficient (Wildman–Crippen LogP) is 2.70. The molecule has 1 aliphatic heterocycles. The van der Waals surface area contributed by atoms with Gasteiger partial charge in [0.2, 0.25) is 5.91 Å². The summed E-state index contributed by atoms with van der Waals surface area (Å²) in [7, 11) is 0. The molecular formula is C14H17BrF3N3O. The molecule has 1 aromatic rings. The smallest absolute Gasteiger partial charge is 0.325 e. The van der Waals surface area contributed by atoms with Gasteiger partial charge in [-0.25, -0.2) is 0 Å². The molecule has 1 atom stereocenters. The second kappa shape index (κ2) is 6.97. The molecule has 1 heterocycles. The van der Waals surface area contributed by atoms with E-state index in [-0.39, 0.29) is 28.7 Å². The molecule has 122 valence electrons. The van der Waals surface area contributed by atoms with Gasteiger partial charge in [-0.15, -0.1) is 0 Å². The van der Waals surface area contributed by atoms with Crippen molar-refractivity contribution in [2.75, 3.05) is 31.5 Å². The van der Waals surface area contributed by atoms with Gasteiger partial charge in [0, 0.05) is 35.8 Å². The zero-order valence-electron chi connectivity index (χ0n) is 12.0. The third-order valence-electron chi connectivity index (χ3n) is 3.54. The first-order valence-electron chi connectivity index (χ1n) is 6.89. The highest BCUT2D eigenvalue weighted by molar-refractivity contribution is 9.10. The van der Waals surface area contributed by atoms with Gasteiger partial charge in [0.1, 0.15) is 0 Å². The van der Waals surface area contributed by atoms with Crippen LogP contribution in [0.1, 0.15) is 12.5 Å². The first-order valence-corrected chi connectivity index (χ1v) is 7.68. The van der Waals surface area contributed by atoms with E-state index in [0.29, 0.717) is 0 Å². The summed E-state index contributed by atoms with van der Waals surface area (Å²) in [5, 5.41) is 5.74. The molecule has 0 saturated carbocycles. The summed E-state index contributed by atoms with van der Waals surface area (Å²) >= 11 is 2.87. The van der Waals surface area contributed by atoms with E-state index in [2.05, 4.69) is 26.6 Å². The maximum atomic E-state index is 12.8. The molecule has 1 fully saturated rings. The Labute approximate surface area is 135 Å². The molecule has 0 spiro atoms. The van der Waals surface area contributed by atoms with Crippen LogP contribution in [0.4, 0.5) is 18.9 Å². The van der Waals surface area contributed by atoms with Crippen LogP contribution in [0.3, 0.4) is 0 Å². The van der Waals surface area contributed by atoms with E-state index in [1.54, 1.807) is 0 Å². The molecule has 2 N–H and O–H groups in total. The first kappa shape index (κ1) is 17.2. The highest BCUT2D eigenvalue weighted by Crippen LogP contribution is 2.36. The zero-order chi connectivity index (χ0) is 16.3. The van der Waals surface area contributed by atoms with Gasteiger partial charge in [-0.1, -0.05) is 15.9 Å². The fourth-order valence-electron chi connectivity index (χ4n) is 2.32. The van der Waals surface area contributed by atoms with Gasteiger partial charge in [0.25, 0.3) is 0 Å². The lowest BCUT2D eigenvalue weighted by atomic mass is 10.2. The Morgan fingerprint density at radius 2 is 2.23 bits per heavy atom. The van der Waals surface area contributed by atoms with Crippen molar-refractivity contribution in [3.63, 3.8) is 0 Å². The number of carbonyl (C=O) groups excluding carboxylic acids is 1. The summed E-state index contributed by atoms with van der Waals surface area (Å²) in [5.74, 6) is -0.316. The molecular weight excluding hydrogens is 363 g/mol. The lowest BCUT2D eigenvalue weighted by Crippen LogP contribution is -2.51. The predicted molar refractivity (Wildman–Crippen MR) is 81.7 cm³/mol. The lowest BCUT2D eigenvalue weighted by molar-refractivity contribution is -0.138. The van der Waals surface area contributed by atoms with E-state index in [1.165, 1.54) is 12.1 Å². The molecule has 1 aliphatic rings. The van der Waals surface area contributed by atoms with Gasteiger partial charge in [-0.2, -0.15) is 13.2 Å². The van der Waals surface area contributed by atoms with Crippen LogP contribution >= 0.6 is 15.9 Å². The number of alkyl halides is 3. The Balaban J connectivity index is 2.02. The van der Waals surface area contributed by atoms with Crippen LogP contribution in [0.2, 0.25) is 0 Å². The molecule has 8 heteroatoms. The average Bonchev–Trinajstić information content (AvgIpc) is 2.42. The van der Waals surface area contributed by atoms with Crippen LogP contribution in [0, 0.1) is 0 Å². The summed E-state index contributed by atoms with van der Waals surface area (Å²) in [5.41, 5.74) is -0.663. The van der Waals surface area contributed by atoms with Crippen molar-refractivity contribution in [2.45, 2.75) is 19.1 Å². The Bertz CT molecular complexity index is 551. The normalized spacial score (nSPS) is 20.0. The van der Waals surface area contributed by atoms with E-state index in [1.807, 2.05) is 11.8 Å². The SMILES string of the molecule is C[C@@H]1CNCCN1CC(=O)Nc1ccc(Br)c(C(F)(F)F)c1. The van der Waals surface area contributed by atoms with Crippen LogP contribution < -0.4 is 10.6 Å². The van der Waals surface area contributed by atoms with Gasteiger partial charge >= 0.3 is 6.18 Å². The number of piperazine rings is 1. The quantitative estimate of drug-likeness (QED) is 0.848. The van der Waals surface area contributed by atoms with Crippen molar-refractivity contribution in [3.05, 3.63) is 28.2 Å². The van der Waals surface area contributed by atoms with Crippen molar-refractivity contribution >= 4 is 27.5 Å². The fourth-order valence-corrected chi connectivity index (χ4v) is 2.79. The molecule has 2 rings (SSSR count). The average molecular weight is 380 g/mol. The van der Waals surface area contributed by atoms with Crippen molar-refractivity contribution < 1.29 is 18.0 Å². The molecule has 0 unspecified atom stereocenters. The maximum absolute atomic E-state index is 12.8. The van der Waals surface area contributed by atoms with Crippen LogP contribution in [0.5, 0.6) is 0 Å². The van der Waals surface area contributed by atoms with E-state index < -0.39 is 11.7 Å². The van der Waals surface area contributed by atoms with Crippen LogP contribution in [0.25, 0.3) is 0 Å². The monoisotopic (exact) mass is 379 g/mol. The number of amides is 1.